The summed E-state index contributed by atoms with van der Waals surface area (Å²) in [6.07, 6.45) is 0.0823. The Hall–Kier alpha value is -2.00. The Morgan fingerprint density at radius 3 is 2.60 bits per heavy atom. The van der Waals surface area contributed by atoms with Crippen molar-refractivity contribution in [2.75, 3.05) is 5.73 Å². The second-order valence-corrected chi connectivity index (χ2v) is 6.06. The molecule has 1 saturated heterocycles. The van der Waals surface area contributed by atoms with Crippen LogP contribution in [0.1, 0.15) is 12.8 Å². The summed E-state index contributed by atoms with van der Waals surface area (Å²) < 4.78 is 39.4. The van der Waals surface area contributed by atoms with Gasteiger partial charge >= 0.3 is 0 Å². The van der Waals surface area contributed by atoms with Gasteiger partial charge in [-0.15, -0.1) is 0 Å². The van der Waals surface area contributed by atoms with Crippen LogP contribution >= 0.6 is 0 Å². The number of anilines is 1. The van der Waals surface area contributed by atoms with E-state index in [1.165, 1.54) is 0 Å². The first-order chi connectivity index (χ1) is 9.28. The van der Waals surface area contributed by atoms with Gasteiger partial charge in [-0.05, 0) is 24.6 Å². The van der Waals surface area contributed by atoms with E-state index < -0.39 is 33.7 Å². The lowest BCUT2D eigenvalue weighted by atomic mass is 10.1. The average molecular weight is 301 g/mol. The average Bonchev–Trinajstić information content (AvgIpc) is 2.31. The summed E-state index contributed by atoms with van der Waals surface area (Å²) in [6, 6.07) is 1.79. The molecule has 1 fully saturated rings. The number of imide groups is 1. The van der Waals surface area contributed by atoms with Crippen molar-refractivity contribution in [3.05, 3.63) is 24.0 Å². The summed E-state index contributed by atoms with van der Waals surface area (Å²) in [7, 11) is -4.10. The number of hydrogen-bond acceptors (Lipinski definition) is 5. The lowest BCUT2D eigenvalue weighted by Gasteiger charge is -2.21. The summed E-state index contributed by atoms with van der Waals surface area (Å²) in [5.41, 5.74) is 5.33. The molecule has 1 atom stereocenters. The van der Waals surface area contributed by atoms with Crippen LogP contribution in [0.2, 0.25) is 0 Å². The van der Waals surface area contributed by atoms with Gasteiger partial charge in [-0.3, -0.25) is 14.9 Å². The summed E-state index contributed by atoms with van der Waals surface area (Å²) >= 11 is 0. The van der Waals surface area contributed by atoms with Gasteiger partial charge in [-0.25, -0.2) is 12.8 Å². The number of benzene rings is 1. The molecule has 0 saturated carbocycles. The van der Waals surface area contributed by atoms with Gasteiger partial charge < -0.3 is 5.73 Å². The van der Waals surface area contributed by atoms with Crippen molar-refractivity contribution in [3.63, 3.8) is 0 Å². The Morgan fingerprint density at radius 1 is 1.30 bits per heavy atom. The van der Waals surface area contributed by atoms with Crippen molar-refractivity contribution in [1.29, 1.82) is 0 Å². The van der Waals surface area contributed by atoms with Crippen LogP contribution in [0, 0.1) is 5.82 Å². The van der Waals surface area contributed by atoms with E-state index in [1.807, 2.05) is 5.32 Å². The molecule has 1 aliphatic rings. The lowest BCUT2D eigenvalue weighted by Crippen LogP contribution is -2.52. The second-order valence-electron chi connectivity index (χ2n) is 4.35. The van der Waals surface area contributed by atoms with Crippen molar-refractivity contribution in [3.8, 4) is 0 Å². The molecule has 0 bridgehead atoms. The number of rotatable bonds is 3. The molecule has 1 heterocycles. The molecule has 1 aromatic rings. The molecule has 0 aliphatic carbocycles. The van der Waals surface area contributed by atoms with E-state index in [9.17, 15) is 22.4 Å². The van der Waals surface area contributed by atoms with Crippen LogP contribution in [-0.4, -0.2) is 26.3 Å². The maximum absolute atomic E-state index is 13.2. The Balaban J connectivity index is 2.23. The normalized spacial score (nSPS) is 19.8. The Labute approximate surface area is 114 Å². The Morgan fingerprint density at radius 2 is 2.00 bits per heavy atom. The van der Waals surface area contributed by atoms with Gasteiger partial charge in [0.2, 0.25) is 21.8 Å². The fourth-order valence-corrected chi connectivity index (χ4v) is 3.10. The number of hydrogen-bond donors (Lipinski definition) is 3. The lowest BCUT2D eigenvalue weighted by molar-refractivity contribution is -0.134. The van der Waals surface area contributed by atoms with E-state index in [0.29, 0.717) is 0 Å². The molecule has 20 heavy (non-hydrogen) atoms. The van der Waals surface area contributed by atoms with Crippen LogP contribution in [0.15, 0.2) is 23.1 Å². The summed E-state index contributed by atoms with van der Waals surface area (Å²) in [5, 5.41) is 2.02. The highest BCUT2D eigenvalue weighted by molar-refractivity contribution is 7.89. The highest BCUT2D eigenvalue weighted by Crippen LogP contribution is 2.17. The maximum Gasteiger partial charge on any atom is 0.244 e. The first-order valence-corrected chi connectivity index (χ1v) is 7.18. The quantitative estimate of drug-likeness (QED) is 0.513. The molecule has 0 aromatic heterocycles. The van der Waals surface area contributed by atoms with E-state index >= 15 is 0 Å². The van der Waals surface area contributed by atoms with E-state index in [-0.39, 0.29) is 23.4 Å². The Kier molecular flexibility index (Phi) is 3.73. The van der Waals surface area contributed by atoms with E-state index in [0.717, 1.165) is 18.2 Å². The number of sulfonamides is 1. The number of carbonyl (C=O) groups is 2. The first kappa shape index (κ1) is 14.4. The van der Waals surface area contributed by atoms with Crippen LogP contribution in [0.3, 0.4) is 0 Å². The Bertz CT molecular complexity index is 654. The molecule has 9 heteroatoms. The highest BCUT2D eigenvalue weighted by Gasteiger charge is 2.31. The number of nitrogens with one attached hydrogen (secondary N) is 2. The van der Waals surface area contributed by atoms with Crippen LogP contribution in [0.25, 0.3) is 0 Å². The minimum Gasteiger partial charge on any atom is -0.399 e. The van der Waals surface area contributed by atoms with Gasteiger partial charge in [0.15, 0.2) is 0 Å². The summed E-state index contributed by atoms with van der Waals surface area (Å²) in [6.45, 7) is 0. The third kappa shape index (κ3) is 3.11. The van der Waals surface area contributed by atoms with Gasteiger partial charge in [-0.1, -0.05) is 0 Å². The predicted molar refractivity (Wildman–Crippen MR) is 67.3 cm³/mol. The second kappa shape index (κ2) is 5.17. The van der Waals surface area contributed by atoms with Gasteiger partial charge in [-0.2, -0.15) is 4.72 Å². The summed E-state index contributed by atoms with van der Waals surface area (Å²) in [5.74, 6) is -1.98. The molecule has 108 valence electrons. The van der Waals surface area contributed by atoms with Gasteiger partial charge in [0.05, 0.1) is 4.90 Å². The van der Waals surface area contributed by atoms with Crippen LogP contribution < -0.4 is 15.8 Å². The van der Waals surface area contributed by atoms with E-state index in [2.05, 4.69) is 4.72 Å². The smallest absolute Gasteiger partial charge is 0.244 e. The molecule has 0 radical (unpaired) electrons. The molecule has 7 nitrogen and oxygen atoms in total. The minimum atomic E-state index is -4.10. The number of nitrogens with two attached hydrogens (primary N) is 1. The molecule has 1 aromatic carbocycles. The number of carbonyl (C=O) groups excluding carboxylic acids is 2. The zero-order chi connectivity index (χ0) is 14.9. The van der Waals surface area contributed by atoms with Crippen LogP contribution in [0.4, 0.5) is 10.1 Å². The third-order valence-electron chi connectivity index (χ3n) is 2.74. The third-order valence-corrected chi connectivity index (χ3v) is 4.19. The molecule has 2 rings (SSSR count). The predicted octanol–water partition coefficient (Wildman–Crippen LogP) is -0.509. The van der Waals surface area contributed by atoms with Crippen molar-refractivity contribution < 1.29 is 22.4 Å². The fraction of sp³-hybridized carbons (Fsp3) is 0.273. The van der Waals surface area contributed by atoms with E-state index in [1.54, 1.807) is 0 Å². The molecule has 4 N–H and O–H groups in total. The topological polar surface area (TPSA) is 118 Å². The fourth-order valence-electron chi connectivity index (χ4n) is 1.80. The summed E-state index contributed by atoms with van der Waals surface area (Å²) in [4.78, 5) is 22.1. The molecular weight excluding hydrogens is 289 g/mol. The van der Waals surface area contributed by atoms with Gasteiger partial charge in [0.25, 0.3) is 0 Å². The first-order valence-electron chi connectivity index (χ1n) is 5.70. The van der Waals surface area contributed by atoms with Gasteiger partial charge in [0.1, 0.15) is 11.9 Å². The monoisotopic (exact) mass is 301 g/mol. The molecular formula is C11H12FN3O4S. The number of nitrogen functional groups attached to an aromatic ring is 1. The number of amides is 2. The highest BCUT2D eigenvalue weighted by atomic mass is 32.2. The molecule has 0 spiro atoms. The molecule has 1 aliphatic heterocycles. The largest absolute Gasteiger partial charge is 0.399 e. The minimum absolute atomic E-state index is 0.0320. The molecule has 2 amide bonds. The van der Waals surface area contributed by atoms with Crippen molar-refractivity contribution in [2.24, 2.45) is 0 Å². The van der Waals surface area contributed by atoms with Crippen molar-refractivity contribution >= 4 is 27.5 Å². The van der Waals surface area contributed by atoms with Crippen molar-refractivity contribution in [2.45, 2.75) is 23.8 Å². The van der Waals surface area contributed by atoms with E-state index in [4.69, 9.17) is 5.73 Å². The zero-order valence-corrected chi connectivity index (χ0v) is 11.0. The van der Waals surface area contributed by atoms with Crippen LogP contribution in [0.5, 0.6) is 0 Å². The maximum atomic E-state index is 13.2. The number of halogens is 1. The van der Waals surface area contributed by atoms with Crippen LogP contribution in [-0.2, 0) is 19.6 Å². The number of piperidine rings is 1. The molecule has 1 unspecified atom stereocenters. The van der Waals surface area contributed by atoms with Crippen molar-refractivity contribution in [1.82, 2.24) is 10.0 Å². The standard InChI is InChI=1S/C11H12FN3O4S/c12-6-3-7(13)5-8(4-6)20(18,19)15-9-1-2-10(16)14-11(9)17/h3-5,9,15H,1-2,13H2,(H,14,16,17). The zero-order valence-electron chi connectivity index (χ0n) is 10.2. The van der Waals surface area contributed by atoms with Gasteiger partial charge in [0, 0.05) is 12.1 Å². The SMILES string of the molecule is Nc1cc(F)cc(S(=O)(=O)NC2CCC(=O)NC2=O)c1.